The largest absolute Gasteiger partial charge is 0.274 e. The van der Waals surface area contributed by atoms with Crippen molar-refractivity contribution in [3.63, 3.8) is 0 Å². The van der Waals surface area contributed by atoms with Crippen LogP contribution in [0.15, 0.2) is 36.4 Å². The topological polar surface area (TPSA) is 43.9 Å². The van der Waals surface area contributed by atoms with Crippen molar-refractivity contribution in [1.29, 1.82) is 0 Å². The molecule has 3 heterocycles. The highest BCUT2D eigenvalue weighted by atomic mass is 16.2. The number of hydrogen-bond acceptors (Lipinski definition) is 4. The molecule has 3 aliphatic heterocycles. The summed E-state index contributed by atoms with van der Waals surface area (Å²) in [4.78, 5) is 28.8. The van der Waals surface area contributed by atoms with Crippen molar-refractivity contribution in [2.75, 3.05) is 18.0 Å². The summed E-state index contributed by atoms with van der Waals surface area (Å²) in [5.41, 5.74) is 6.20. The van der Waals surface area contributed by atoms with E-state index in [9.17, 15) is 9.59 Å². The van der Waals surface area contributed by atoms with Crippen LogP contribution in [0.25, 0.3) is 0 Å². The zero-order valence-corrected chi connectivity index (χ0v) is 17.5. The van der Waals surface area contributed by atoms with Gasteiger partial charge in [0, 0.05) is 13.1 Å². The summed E-state index contributed by atoms with van der Waals surface area (Å²) < 4.78 is 0. The molecule has 0 bridgehead atoms. The molecule has 3 atom stereocenters. The second-order valence-corrected chi connectivity index (χ2v) is 8.77. The Kier molecular flexibility index (Phi) is 4.16. The number of hydrogen-bond donors (Lipinski definition) is 0. The van der Waals surface area contributed by atoms with E-state index in [4.69, 9.17) is 0 Å². The quantitative estimate of drug-likeness (QED) is 0.738. The average molecular weight is 389 g/mol. The van der Waals surface area contributed by atoms with Crippen molar-refractivity contribution in [2.24, 2.45) is 5.92 Å². The number of hydrazine groups is 1. The van der Waals surface area contributed by atoms with Gasteiger partial charge in [-0.05, 0) is 50.8 Å². The van der Waals surface area contributed by atoms with Crippen LogP contribution in [0.5, 0.6) is 0 Å². The minimum absolute atomic E-state index is 0.0602. The molecule has 5 rings (SSSR count). The van der Waals surface area contributed by atoms with Gasteiger partial charge in [0.15, 0.2) is 0 Å². The summed E-state index contributed by atoms with van der Waals surface area (Å²) in [5.74, 6) is -0.489. The lowest BCUT2D eigenvalue weighted by Crippen LogP contribution is -2.44. The summed E-state index contributed by atoms with van der Waals surface area (Å²) in [6, 6.07) is 12.1. The number of amides is 2. The number of nitrogens with zero attached hydrogens (tertiary/aromatic N) is 3. The summed E-state index contributed by atoms with van der Waals surface area (Å²) in [6.07, 6.45) is 1.02. The lowest BCUT2D eigenvalue weighted by atomic mass is 9.89. The Morgan fingerprint density at radius 2 is 1.34 bits per heavy atom. The SMILES string of the molecule is Cc1ccc([C@@H]2[C@H]3C(=O)N(c4c(C)cc(C)cc4C)C(=O)[C@@H]3N3CCCN23)cc1. The van der Waals surface area contributed by atoms with Crippen molar-refractivity contribution in [3.8, 4) is 0 Å². The van der Waals surface area contributed by atoms with Gasteiger partial charge in [-0.3, -0.25) is 9.59 Å². The molecule has 0 radical (unpaired) electrons. The lowest BCUT2D eigenvalue weighted by molar-refractivity contribution is -0.126. The Labute approximate surface area is 171 Å². The second-order valence-electron chi connectivity index (χ2n) is 8.77. The molecule has 3 saturated heterocycles. The first-order valence-electron chi connectivity index (χ1n) is 10.4. The van der Waals surface area contributed by atoms with Crippen LogP contribution in [0.1, 0.15) is 40.3 Å². The predicted octanol–water partition coefficient (Wildman–Crippen LogP) is 3.46. The van der Waals surface area contributed by atoms with E-state index in [1.807, 2.05) is 20.8 Å². The molecule has 0 spiro atoms. The maximum atomic E-state index is 13.7. The molecule has 3 aliphatic rings. The van der Waals surface area contributed by atoms with Crippen molar-refractivity contribution >= 4 is 17.5 Å². The maximum Gasteiger partial charge on any atom is 0.253 e. The molecule has 0 unspecified atom stereocenters. The molecule has 0 aliphatic carbocycles. The molecule has 150 valence electrons. The molecule has 2 aromatic rings. The fraction of sp³-hybridized carbons (Fsp3) is 0.417. The van der Waals surface area contributed by atoms with Gasteiger partial charge in [-0.2, -0.15) is 0 Å². The minimum atomic E-state index is -0.392. The van der Waals surface area contributed by atoms with E-state index in [1.54, 1.807) is 0 Å². The molecule has 2 amide bonds. The molecular weight excluding hydrogens is 362 g/mol. The molecular formula is C24H27N3O2. The first-order valence-corrected chi connectivity index (χ1v) is 10.4. The van der Waals surface area contributed by atoms with Crippen LogP contribution in [0.3, 0.4) is 0 Å². The molecule has 29 heavy (non-hydrogen) atoms. The van der Waals surface area contributed by atoms with Gasteiger partial charge < -0.3 is 0 Å². The zero-order chi connectivity index (χ0) is 20.4. The lowest BCUT2D eigenvalue weighted by Gasteiger charge is -2.30. The Morgan fingerprint density at radius 3 is 1.97 bits per heavy atom. The van der Waals surface area contributed by atoms with Crippen LogP contribution in [-0.4, -0.2) is 41.0 Å². The zero-order valence-electron chi connectivity index (χ0n) is 17.5. The number of aryl methyl sites for hydroxylation is 4. The standard InChI is InChI=1S/C24H27N3O2/c1-14-6-8-18(9-7-14)21-19-22(26-11-5-10-25(21)26)24(29)27(23(19)28)20-16(3)12-15(2)13-17(20)4/h6-9,12-13,19,21-22H,5,10-11H2,1-4H3/t19-,21-,22-/m1/s1. The molecule has 3 fully saturated rings. The Morgan fingerprint density at radius 1 is 0.759 bits per heavy atom. The van der Waals surface area contributed by atoms with Crippen LogP contribution >= 0.6 is 0 Å². The van der Waals surface area contributed by atoms with E-state index in [1.165, 1.54) is 10.5 Å². The van der Waals surface area contributed by atoms with Gasteiger partial charge in [0.1, 0.15) is 6.04 Å². The summed E-state index contributed by atoms with van der Waals surface area (Å²) in [5, 5.41) is 4.43. The van der Waals surface area contributed by atoms with Crippen molar-refractivity contribution in [3.05, 3.63) is 64.2 Å². The Hall–Kier alpha value is -2.50. The predicted molar refractivity (Wildman–Crippen MR) is 112 cm³/mol. The van der Waals surface area contributed by atoms with Crippen LogP contribution in [0.4, 0.5) is 5.69 Å². The van der Waals surface area contributed by atoms with Gasteiger partial charge >= 0.3 is 0 Å². The van der Waals surface area contributed by atoms with E-state index in [2.05, 4.69) is 53.3 Å². The highest BCUT2D eigenvalue weighted by Gasteiger charge is 2.63. The van der Waals surface area contributed by atoms with Gasteiger partial charge in [0.2, 0.25) is 5.91 Å². The summed E-state index contributed by atoms with van der Waals surface area (Å²) in [7, 11) is 0. The van der Waals surface area contributed by atoms with Crippen LogP contribution in [0.2, 0.25) is 0 Å². The van der Waals surface area contributed by atoms with Gasteiger partial charge in [-0.25, -0.2) is 14.9 Å². The number of carbonyl (C=O) groups is 2. The van der Waals surface area contributed by atoms with Crippen molar-refractivity contribution < 1.29 is 9.59 Å². The van der Waals surface area contributed by atoms with E-state index in [-0.39, 0.29) is 23.8 Å². The molecule has 0 aromatic heterocycles. The second kappa shape index (κ2) is 6.51. The monoisotopic (exact) mass is 389 g/mol. The van der Waals surface area contributed by atoms with Gasteiger partial charge in [-0.1, -0.05) is 47.5 Å². The number of fused-ring (bicyclic) bond motifs is 3. The number of anilines is 1. The normalized spacial score (nSPS) is 27.0. The molecule has 5 nitrogen and oxygen atoms in total. The average Bonchev–Trinajstić information content (AvgIpc) is 3.30. The van der Waals surface area contributed by atoms with Crippen LogP contribution < -0.4 is 4.90 Å². The van der Waals surface area contributed by atoms with Crippen molar-refractivity contribution in [2.45, 2.75) is 46.2 Å². The van der Waals surface area contributed by atoms with Gasteiger partial charge in [0.05, 0.1) is 17.6 Å². The number of rotatable bonds is 2. The number of carbonyl (C=O) groups excluding carboxylic acids is 2. The van der Waals surface area contributed by atoms with E-state index in [0.717, 1.165) is 47.5 Å². The third-order valence-electron chi connectivity index (χ3n) is 6.68. The fourth-order valence-electron chi connectivity index (χ4n) is 5.62. The van der Waals surface area contributed by atoms with Crippen molar-refractivity contribution in [1.82, 2.24) is 10.0 Å². The minimum Gasteiger partial charge on any atom is -0.274 e. The van der Waals surface area contributed by atoms with Gasteiger partial charge in [0.25, 0.3) is 5.91 Å². The third kappa shape index (κ3) is 2.61. The molecule has 0 N–H and O–H groups in total. The Balaban J connectivity index is 1.61. The third-order valence-corrected chi connectivity index (χ3v) is 6.68. The maximum absolute atomic E-state index is 13.7. The molecule has 5 heteroatoms. The highest BCUT2D eigenvalue weighted by molar-refractivity contribution is 6.24. The van der Waals surface area contributed by atoms with E-state index < -0.39 is 6.04 Å². The molecule has 0 saturated carbocycles. The first kappa shape index (κ1) is 18.5. The summed E-state index contributed by atoms with van der Waals surface area (Å²) in [6.45, 7) is 9.82. The highest BCUT2D eigenvalue weighted by Crippen LogP contribution is 2.49. The smallest absolute Gasteiger partial charge is 0.253 e. The molecule has 2 aromatic carbocycles. The van der Waals surface area contributed by atoms with Crippen LogP contribution in [-0.2, 0) is 9.59 Å². The fourth-order valence-corrected chi connectivity index (χ4v) is 5.62. The van der Waals surface area contributed by atoms with Gasteiger partial charge in [-0.15, -0.1) is 0 Å². The Bertz CT molecular complexity index is 990. The first-order chi connectivity index (χ1) is 13.9. The summed E-state index contributed by atoms with van der Waals surface area (Å²) >= 11 is 0. The van der Waals surface area contributed by atoms with Crippen LogP contribution in [0, 0.1) is 33.6 Å². The van der Waals surface area contributed by atoms with E-state index >= 15 is 0 Å². The number of imide groups is 1. The number of benzene rings is 2. The van der Waals surface area contributed by atoms with E-state index in [0.29, 0.717) is 0 Å².